The Morgan fingerprint density at radius 2 is 1.93 bits per heavy atom. The van der Waals surface area contributed by atoms with E-state index in [4.69, 9.17) is 9.94 Å². The highest BCUT2D eigenvalue weighted by molar-refractivity contribution is 5.90. The van der Waals surface area contributed by atoms with Gasteiger partial charge in [0, 0.05) is 25.7 Å². The molecule has 5 heteroatoms. The van der Waals surface area contributed by atoms with Gasteiger partial charge in [-0.1, -0.05) is 36.4 Å². The zero-order valence-electron chi connectivity index (χ0n) is 15.9. The van der Waals surface area contributed by atoms with E-state index in [1.807, 2.05) is 12.1 Å². The van der Waals surface area contributed by atoms with Crippen LogP contribution in [0.3, 0.4) is 0 Å². The van der Waals surface area contributed by atoms with E-state index in [2.05, 4.69) is 41.3 Å². The van der Waals surface area contributed by atoms with E-state index in [0.717, 1.165) is 56.6 Å². The highest BCUT2D eigenvalue weighted by atomic mass is 16.5. The fraction of sp³-hybridized carbons (Fsp3) is 0.348. The zero-order valence-corrected chi connectivity index (χ0v) is 15.9. The van der Waals surface area contributed by atoms with E-state index in [1.165, 1.54) is 17.2 Å². The number of aryl methyl sites for hydroxylation is 1. The fourth-order valence-electron chi connectivity index (χ4n) is 4.17. The van der Waals surface area contributed by atoms with Gasteiger partial charge in [-0.15, -0.1) is 0 Å². The number of hydroxylamine groups is 1. The number of nitrogens with zero attached hydrogens (tertiary/aromatic N) is 1. The van der Waals surface area contributed by atoms with E-state index in [9.17, 15) is 4.79 Å². The Bertz CT molecular complexity index is 855. The highest BCUT2D eigenvalue weighted by Gasteiger charge is 2.39. The van der Waals surface area contributed by atoms with Crippen LogP contribution in [-0.2, 0) is 17.8 Å². The van der Waals surface area contributed by atoms with Gasteiger partial charge in [0.05, 0.1) is 0 Å². The van der Waals surface area contributed by atoms with Crippen molar-refractivity contribution in [3.8, 4) is 5.75 Å². The van der Waals surface area contributed by atoms with Gasteiger partial charge in [-0.25, -0.2) is 5.48 Å². The lowest BCUT2D eigenvalue weighted by molar-refractivity contribution is -0.124. The molecule has 146 valence electrons. The quantitative estimate of drug-likeness (QED) is 0.485. The van der Waals surface area contributed by atoms with Gasteiger partial charge < -0.3 is 4.74 Å². The van der Waals surface area contributed by atoms with Gasteiger partial charge in [-0.2, -0.15) is 0 Å². The van der Waals surface area contributed by atoms with Crippen LogP contribution in [0.15, 0.2) is 54.6 Å². The Balaban J connectivity index is 1.38. The molecular weight excluding hydrogens is 352 g/mol. The second-order valence-corrected chi connectivity index (χ2v) is 7.72. The average molecular weight is 378 g/mol. The lowest BCUT2D eigenvalue weighted by Gasteiger charge is -2.44. The number of rotatable bonds is 4. The molecule has 1 saturated heterocycles. The summed E-state index contributed by atoms with van der Waals surface area (Å²) in [6.07, 6.45) is 7.13. The number of piperidine rings is 1. The Morgan fingerprint density at radius 1 is 1.14 bits per heavy atom. The molecule has 0 saturated carbocycles. The van der Waals surface area contributed by atoms with Crippen LogP contribution in [0.4, 0.5) is 0 Å². The van der Waals surface area contributed by atoms with E-state index in [1.54, 1.807) is 11.6 Å². The molecule has 2 aliphatic heterocycles. The molecule has 0 aromatic heterocycles. The Kier molecular flexibility index (Phi) is 5.46. The summed E-state index contributed by atoms with van der Waals surface area (Å²) >= 11 is 0. The smallest absolute Gasteiger partial charge is 0.267 e. The van der Waals surface area contributed by atoms with Crippen molar-refractivity contribution < 1.29 is 14.7 Å². The Hall–Kier alpha value is -2.63. The molecule has 2 aromatic rings. The van der Waals surface area contributed by atoms with Gasteiger partial charge in [0.1, 0.15) is 11.4 Å². The third-order valence-electron chi connectivity index (χ3n) is 5.81. The number of amides is 1. The van der Waals surface area contributed by atoms with E-state index < -0.39 is 5.91 Å². The third-order valence-corrected chi connectivity index (χ3v) is 5.81. The van der Waals surface area contributed by atoms with Crippen molar-refractivity contribution in [1.82, 2.24) is 10.4 Å². The molecule has 0 unspecified atom stereocenters. The highest BCUT2D eigenvalue weighted by Crippen LogP contribution is 2.40. The predicted octanol–water partition coefficient (Wildman–Crippen LogP) is 3.57. The Labute approximate surface area is 165 Å². The predicted molar refractivity (Wildman–Crippen MR) is 108 cm³/mol. The van der Waals surface area contributed by atoms with Crippen LogP contribution < -0.4 is 10.2 Å². The van der Waals surface area contributed by atoms with Gasteiger partial charge in [-0.3, -0.25) is 14.9 Å². The number of carbonyl (C=O) groups excluding carboxylic acids is 1. The zero-order chi connectivity index (χ0) is 19.4. The SMILES string of the molecule is O=C(C=Cc1ccc2c(c1)CCC1(CCN(Cc3ccccc3)CC1)O2)NO. The number of nitrogens with one attached hydrogen (secondary N) is 1. The number of likely N-dealkylation sites (tertiary alicyclic amines) is 1. The molecule has 1 fully saturated rings. The number of ether oxygens (including phenoxy) is 1. The summed E-state index contributed by atoms with van der Waals surface area (Å²) < 4.78 is 6.49. The minimum Gasteiger partial charge on any atom is -0.487 e. The van der Waals surface area contributed by atoms with Gasteiger partial charge in [0.25, 0.3) is 5.91 Å². The van der Waals surface area contributed by atoms with Crippen molar-refractivity contribution in [3.05, 3.63) is 71.3 Å². The number of benzene rings is 2. The fourth-order valence-corrected chi connectivity index (χ4v) is 4.17. The number of hydrogen-bond donors (Lipinski definition) is 2. The lowest BCUT2D eigenvalue weighted by Crippen LogP contribution is -2.49. The second-order valence-electron chi connectivity index (χ2n) is 7.72. The van der Waals surface area contributed by atoms with E-state index in [-0.39, 0.29) is 5.60 Å². The normalized spacial score (nSPS) is 18.6. The summed E-state index contributed by atoms with van der Waals surface area (Å²) in [7, 11) is 0. The molecule has 28 heavy (non-hydrogen) atoms. The maximum absolute atomic E-state index is 11.1. The van der Waals surface area contributed by atoms with Crippen LogP contribution in [0, 0.1) is 0 Å². The van der Waals surface area contributed by atoms with Gasteiger partial charge in [0.2, 0.25) is 0 Å². The molecule has 0 radical (unpaired) electrons. The molecule has 1 amide bonds. The number of fused-ring (bicyclic) bond motifs is 1. The standard InChI is InChI=1S/C23H26N2O3/c26-22(24-27)9-7-18-6-8-21-20(16-18)10-11-23(28-21)12-14-25(15-13-23)17-19-4-2-1-3-5-19/h1-9,16,27H,10-15,17H2,(H,24,26). The third kappa shape index (κ3) is 4.26. The van der Waals surface area contributed by atoms with E-state index >= 15 is 0 Å². The van der Waals surface area contributed by atoms with Crippen LogP contribution in [0.2, 0.25) is 0 Å². The van der Waals surface area contributed by atoms with Crippen LogP contribution in [0.25, 0.3) is 6.08 Å². The second kappa shape index (κ2) is 8.17. The first-order valence-electron chi connectivity index (χ1n) is 9.86. The summed E-state index contributed by atoms with van der Waals surface area (Å²) in [4.78, 5) is 13.7. The van der Waals surface area contributed by atoms with Crippen LogP contribution in [-0.4, -0.2) is 34.7 Å². The van der Waals surface area contributed by atoms with Gasteiger partial charge in [-0.05, 0) is 60.6 Å². The molecule has 2 heterocycles. The summed E-state index contributed by atoms with van der Waals surface area (Å²) in [6, 6.07) is 16.6. The van der Waals surface area contributed by atoms with Crippen molar-refractivity contribution >= 4 is 12.0 Å². The lowest BCUT2D eigenvalue weighted by atomic mass is 9.82. The molecule has 0 aliphatic carbocycles. The first-order chi connectivity index (χ1) is 13.7. The molecule has 0 bridgehead atoms. The van der Waals surface area contributed by atoms with Crippen molar-refractivity contribution in [3.63, 3.8) is 0 Å². The Morgan fingerprint density at radius 3 is 2.68 bits per heavy atom. The van der Waals surface area contributed by atoms with Crippen molar-refractivity contribution in [1.29, 1.82) is 0 Å². The molecule has 2 N–H and O–H groups in total. The minimum atomic E-state index is -0.532. The number of hydrogen-bond acceptors (Lipinski definition) is 4. The van der Waals surface area contributed by atoms with Crippen molar-refractivity contribution in [2.24, 2.45) is 0 Å². The first-order valence-corrected chi connectivity index (χ1v) is 9.86. The van der Waals surface area contributed by atoms with Gasteiger partial charge >= 0.3 is 0 Å². The maximum Gasteiger partial charge on any atom is 0.267 e. The van der Waals surface area contributed by atoms with Crippen molar-refractivity contribution in [2.45, 2.75) is 37.8 Å². The summed E-state index contributed by atoms with van der Waals surface area (Å²) in [5, 5.41) is 8.57. The monoisotopic (exact) mass is 378 g/mol. The van der Waals surface area contributed by atoms with Crippen LogP contribution >= 0.6 is 0 Å². The summed E-state index contributed by atoms with van der Waals surface area (Å²) in [5.74, 6) is 0.432. The molecule has 5 nitrogen and oxygen atoms in total. The molecule has 1 spiro atoms. The van der Waals surface area contributed by atoms with E-state index in [0.29, 0.717) is 0 Å². The molecule has 0 atom stereocenters. The largest absolute Gasteiger partial charge is 0.487 e. The first kappa shape index (κ1) is 18.7. The molecule has 2 aromatic carbocycles. The van der Waals surface area contributed by atoms with Gasteiger partial charge in [0.15, 0.2) is 0 Å². The maximum atomic E-state index is 11.1. The van der Waals surface area contributed by atoms with Crippen LogP contribution in [0.1, 0.15) is 36.0 Å². The van der Waals surface area contributed by atoms with Crippen molar-refractivity contribution in [2.75, 3.05) is 13.1 Å². The molecular formula is C23H26N2O3. The summed E-state index contributed by atoms with van der Waals surface area (Å²) in [6.45, 7) is 3.12. The molecule has 4 rings (SSSR count). The average Bonchev–Trinajstić information content (AvgIpc) is 2.74. The molecule has 2 aliphatic rings. The number of carbonyl (C=O) groups is 1. The summed E-state index contributed by atoms with van der Waals surface area (Å²) in [5.41, 5.74) is 5.03. The minimum absolute atomic E-state index is 0.0473. The van der Waals surface area contributed by atoms with Crippen LogP contribution in [0.5, 0.6) is 5.75 Å². The topological polar surface area (TPSA) is 61.8 Å².